The Labute approximate surface area is 152 Å². The highest BCUT2D eigenvalue weighted by Gasteiger charge is 2.12. The monoisotopic (exact) mass is 357 g/mol. The molecule has 6 heteroatoms. The number of nitrogens with zero attached hydrogens (tertiary/aromatic N) is 1. The van der Waals surface area contributed by atoms with Crippen LogP contribution >= 0.6 is 0 Å². The van der Waals surface area contributed by atoms with Gasteiger partial charge in [0.25, 0.3) is 17.0 Å². The molecule has 6 nitrogen and oxygen atoms in total. The van der Waals surface area contributed by atoms with Crippen LogP contribution in [0.5, 0.6) is 0 Å². The highest BCUT2D eigenvalue weighted by molar-refractivity contribution is 5.97. The van der Waals surface area contributed by atoms with E-state index in [1.165, 1.54) is 4.57 Å². The van der Waals surface area contributed by atoms with Crippen LogP contribution in [0.3, 0.4) is 0 Å². The van der Waals surface area contributed by atoms with E-state index in [4.69, 9.17) is 0 Å². The van der Waals surface area contributed by atoms with Gasteiger partial charge in [0.2, 0.25) is 0 Å². The van der Waals surface area contributed by atoms with Crippen LogP contribution in [0.15, 0.2) is 33.4 Å². The molecule has 0 aliphatic heterocycles. The molecule has 0 fully saturated rings. The maximum Gasteiger partial charge on any atom is 0.274 e. The molecule has 0 unspecified atom stereocenters. The van der Waals surface area contributed by atoms with Crippen LogP contribution in [-0.2, 0) is 11.8 Å². The van der Waals surface area contributed by atoms with Crippen molar-refractivity contribution in [3.8, 4) is 0 Å². The molecule has 0 atom stereocenters. The van der Waals surface area contributed by atoms with E-state index in [0.29, 0.717) is 35.9 Å². The Bertz CT molecular complexity index is 999. The lowest BCUT2D eigenvalue weighted by Crippen LogP contribution is -2.53. The van der Waals surface area contributed by atoms with Crippen molar-refractivity contribution < 1.29 is 4.79 Å². The summed E-state index contributed by atoms with van der Waals surface area (Å²) >= 11 is 0. The van der Waals surface area contributed by atoms with Gasteiger partial charge in [-0.15, -0.1) is 0 Å². The molecular formula is C20H27N3O3. The molecule has 26 heavy (non-hydrogen) atoms. The van der Waals surface area contributed by atoms with Crippen molar-refractivity contribution in [2.45, 2.75) is 40.5 Å². The minimum Gasteiger partial charge on any atom is -0.352 e. The van der Waals surface area contributed by atoms with Crippen molar-refractivity contribution in [3.05, 3.63) is 55.2 Å². The number of hydrogen-bond acceptors (Lipinski definition) is 3. The molecule has 0 bridgehead atoms. The van der Waals surface area contributed by atoms with Crippen molar-refractivity contribution in [1.82, 2.24) is 14.9 Å². The number of aromatic amines is 1. The fourth-order valence-electron chi connectivity index (χ4n) is 2.67. The van der Waals surface area contributed by atoms with Crippen LogP contribution in [-0.4, -0.2) is 22.0 Å². The topological polar surface area (TPSA) is 84.0 Å². The lowest BCUT2D eigenvalue weighted by atomic mass is 9.92. The Balaban J connectivity index is 2.50. The second kappa shape index (κ2) is 7.72. The van der Waals surface area contributed by atoms with Gasteiger partial charge in [-0.05, 0) is 36.8 Å². The summed E-state index contributed by atoms with van der Waals surface area (Å²) in [6.45, 7) is 8.64. The smallest absolute Gasteiger partial charge is 0.274 e. The number of H-pyrrole nitrogens is 1. The van der Waals surface area contributed by atoms with Crippen molar-refractivity contribution in [1.29, 1.82) is 0 Å². The number of nitrogens with one attached hydrogen (secondary N) is 2. The molecular weight excluding hydrogens is 330 g/mol. The summed E-state index contributed by atoms with van der Waals surface area (Å²) in [7, 11) is 1.61. The summed E-state index contributed by atoms with van der Waals surface area (Å²) in [6, 6.07) is 0. The number of allylic oxidation sites excluding steroid dienone is 2. The molecule has 140 valence electrons. The Morgan fingerprint density at radius 2 is 2.00 bits per heavy atom. The van der Waals surface area contributed by atoms with E-state index in [1.807, 2.05) is 6.92 Å². The second-order valence-electron chi connectivity index (χ2n) is 7.63. The van der Waals surface area contributed by atoms with Crippen LogP contribution in [0.4, 0.5) is 0 Å². The Kier molecular flexibility index (Phi) is 5.85. The molecule has 1 aliphatic rings. The van der Waals surface area contributed by atoms with E-state index in [2.05, 4.69) is 31.1 Å². The maximum absolute atomic E-state index is 12.7. The van der Waals surface area contributed by atoms with Crippen molar-refractivity contribution in [3.63, 3.8) is 0 Å². The normalized spacial score (nSPS) is 17.3. The minimum absolute atomic E-state index is 0.0300. The first kappa shape index (κ1) is 19.7. The molecule has 1 heterocycles. The van der Waals surface area contributed by atoms with Crippen LogP contribution in [0.25, 0.3) is 11.6 Å². The molecule has 1 amide bonds. The summed E-state index contributed by atoms with van der Waals surface area (Å²) < 4.78 is 1.39. The van der Waals surface area contributed by atoms with E-state index < -0.39 is 0 Å². The van der Waals surface area contributed by atoms with Crippen molar-refractivity contribution >= 4 is 17.6 Å². The predicted molar refractivity (Wildman–Crippen MR) is 104 cm³/mol. The van der Waals surface area contributed by atoms with E-state index in [0.717, 1.165) is 0 Å². The molecule has 0 radical (unpaired) electrons. The summed E-state index contributed by atoms with van der Waals surface area (Å²) in [5, 5.41) is 3.38. The zero-order valence-corrected chi connectivity index (χ0v) is 16.1. The SMILES string of the molecule is CCNC(=O)C1=CC/C(=c2/[nH]c(=O)/c(=C/CC(C)(C)C)n(C)c2=O)C=C1. The Morgan fingerprint density at radius 3 is 2.54 bits per heavy atom. The zero-order chi connectivity index (χ0) is 19.5. The summed E-state index contributed by atoms with van der Waals surface area (Å²) in [5.41, 5.74) is 0.746. The fourth-order valence-corrected chi connectivity index (χ4v) is 2.67. The van der Waals surface area contributed by atoms with Gasteiger partial charge >= 0.3 is 0 Å². The third-order valence-corrected chi connectivity index (χ3v) is 4.19. The van der Waals surface area contributed by atoms with Crippen molar-refractivity contribution in [2.24, 2.45) is 12.5 Å². The predicted octanol–water partition coefficient (Wildman–Crippen LogP) is 0.463. The maximum atomic E-state index is 12.7. The van der Waals surface area contributed by atoms with Gasteiger partial charge in [-0.2, -0.15) is 0 Å². The number of carbonyl (C=O) groups is 1. The molecule has 2 rings (SSSR count). The Morgan fingerprint density at radius 1 is 1.31 bits per heavy atom. The summed E-state index contributed by atoms with van der Waals surface area (Å²) in [4.78, 5) is 39.7. The first-order valence-corrected chi connectivity index (χ1v) is 8.83. The lowest BCUT2D eigenvalue weighted by Gasteiger charge is -2.14. The number of hydrogen-bond donors (Lipinski definition) is 2. The average molecular weight is 357 g/mol. The molecule has 1 aliphatic carbocycles. The largest absolute Gasteiger partial charge is 0.352 e. The zero-order valence-electron chi connectivity index (χ0n) is 16.1. The first-order chi connectivity index (χ1) is 12.1. The summed E-state index contributed by atoms with van der Waals surface area (Å²) in [6.07, 6.45) is 8.06. The minimum atomic E-state index is -0.286. The third-order valence-electron chi connectivity index (χ3n) is 4.19. The van der Waals surface area contributed by atoms with Crippen LogP contribution in [0, 0.1) is 5.41 Å². The van der Waals surface area contributed by atoms with Crippen LogP contribution in [0.1, 0.15) is 40.5 Å². The number of likely N-dealkylation sites (N-methyl/N-ethyl adjacent to an activating group) is 1. The van der Waals surface area contributed by atoms with Crippen LogP contribution in [0.2, 0.25) is 0 Å². The fraction of sp³-hybridized carbons (Fsp3) is 0.450. The van der Waals surface area contributed by atoms with Gasteiger partial charge < -0.3 is 14.9 Å². The van der Waals surface area contributed by atoms with Crippen molar-refractivity contribution in [2.75, 3.05) is 6.54 Å². The lowest BCUT2D eigenvalue weighted by molar-refractivity contribution is -0.117. The number of aromatic nitrogens is 2. The molecule has 1 aromatic heterocycles. The van der Waals surface area contributed by atoms with Gasteiger partial charge in [0.15, 0.2) is 0 Å². The van der Waals surface area contributed by atoms with E-state index >= 15 is 0 Å². The third kappa shape index (κ3) is 4.50. The number of amides is 1. The highest BCUT2D eigenvalue weighted by atomic mass is 16.2. The van der Waals surface area contributed by atoms with E-state index in [-0.39, 0.29) is 27.8 Å². The average Bonchev–Trinajstić information content (AvgIpc) is 2.57. The Hall–Kier alpha value is -2.63. The van der Waals surface area contributed by atoms with Crippen LogP contribution < -0.4 is 27.1 Å². The number of rotatable bonds is 3. The first-order valence-electron chi connectivity index (χ1n) is 8.83. The van der Waals surface area contributed by atoms with Gasteiger partial charge in [0.05, 0.1) is 0 Å². The molecule has 0 saturated carbocycles. The second-order valence-corrected chi connectivity index (χ2v) is 7.63. The van der Waals surface area contributed by atoms with Gasteiger partial charge in [-0.3, -0.25) is 14.4 Å². The molecule has 1 aromatic rings. The van der Waals surface area contributed by atoms with Gasteiger partial charge in [-0.25, -0.2) is 0 Å². The van der Waals surface area contributed by atoms with Gasteiger partial charge in [-0.1, -0.05) is 39.0 Å². The molecule has 0 aromatic carbocycles. The molecule has 0 saturated heterocycles. The molecule has 2 N–H and O–H groups in total. The standard InChI is InChI=1S/C20H27N3O3/c1-6-21-17(24)14-9-7-13(8-10-14)16-19(26)23(5)15(18(25)22-16)11-12-20(2,3)4/h7,9-11H,6,8,12H2,1-5H3,(H,21,24)(H,22,25)/b15-11-,16-13+. The highest BCUT2D eigenvalue weighted by Crippen LogP contribution is 2.18. The number of carbonyl (C=O) groups excluding carboxylic acids is 1. The molecule has 0 spiro atoms. The quantitative estimate of drug-likeness (QED) is 0.824. The van der Waals surface area contributed by atoms with Gasteiger partial charge in [0.1, 0.15) is 10.7 Å². The van der Waals surface area contributed by atoms with E-state index in [9.17, 15) is 14.4 Å². The van der Waals surface area contributed by atoms with E-state index in [1.54, 1.807) is 31.4 Å². The van der Waals surface area contributed by atoms with Gasteiger partial charge in [0, 0.05) is 19.2 Å². The summed E-state index contributed by atoms with van der Waals surface area (Å²) in [5.74, 6) is -0.142.